The fourth-order valence-electron chi connectivity index (χ4n) is 2.41. The summed E-state index contributed by atoms with van der Waals surface area (Å²) in [5, 5.41) is 11.5. The van der Waals surface area contributed by atoms with Crippen molar-refractivity contribution in [2.45, 2.75) is 24.8 Å². The Bertz CT molecular complexity index is 937. The van der Waals surface area contributed by atoms with Crippen LogP contribution in [0.2, 0.25) is 0 Å². The van der Waals surface area contributed by atoms with Crippen LogP contribution in [0.5, 0.6) is 5.75 Å². The molecule has 150 valence electrons. The molecule has 0 aliphatic rings. The van der Waals surface area contributed by atoms with Crippen molar-refractivity contribution in [2.75, 3.05) is 7.05 Å². The number of rotatable bonds is 7. The summed E-state index contributed by atoms with van der Waals surface area (Å²) in [4.78, 5) is 22.4. The molecule has 0 heterocycles. The molecule has 8 nitrogen and oxygen atoms in total. The lowest BCUT2D eigenvalue weighted by Crippen LogP contribution is -2.44. The van der Waals surface area contributed by atoms with Crippen LogP contribution in [0.1, 0.15) is 13.8 Å². The summed E-state index contributed by atoms with van der Waals surface area (Å²) >= 11 is 0. The Morgan fingerprint density at radius 1 is 0.964 bits per heavy atom. The van der Waals surface area contributed by atoms with Crippen LogP contribution in [0.3, 0.4) is 0 Å². The number of amides is 1. The molecule has 1 atom stereocenters. The van der Waals surface area contributed by atoms with E-state index in [-0.39, 0.29) is 4.90 Å². The molecule has 0 saturated heterocycles. The summed E-state index contributed by atoms with van der Waals surface area (Å²) in [6.07, 6.45) is -0.573. The van der Waals surface area contributed by atoms with Crippen LogP contribution in [0, 0.1) is 5.92 Å². The highest BCUT2D eigenvalue weighted by atomic mass is 32.2. The van der Waals surface area contributed by atoms with Crippen molar-refractivity contribution in [1.29, 1.82) is 0 Å². The van der Waals surface area contributed by atoms with Gasteiger partial charge in [-0.3, -0.25) is 4.79 Å². The summed E-state index contributed by atoms with van der Waals surface area (Å²) in [6.45, 7) is 3.25. The largest absolute Gasteiger partial charge is 0.480 e. The van der Waals surface area contributed by atoms with Crippen LogP contribution in [-0.4, -0.2) is 38.7 Å². The van der Waals surface area contributed by atoms with E-state index in [9.17, 15) is 23.1 Å². The van der Waals surface area contributed by atoms with Crippen LogP contribution in [-0.2, 0) is 14.8 Å². The van der Waals surface area contributed by atoms with Gasteiger partial charge in [-0.1, -0.05) is 38.1 Å². The second-order valence-electron chi connectivity index (χ2n) is 6.37. The molecule has 28 heavy (non-hydrogen) atoms. The number of carboxylic acid groups (broad SMARTS) is 1. The first-order valence-electron chi connectivity index (χ1n) is 8.49. The summed E-state index contributed by atoms with van der Waals surface area (Å²) in [7, 11) is -2.51. The third-order valence-corrected chi connectivity index (χ3v) is 5.44. The molecule has 1 amide bonds. The van der Waals surface area contributed by atoms with Gasteiger partial charge in [-0.05, 0) is 41.3 Å². The second kappa shape index (κ2) is 8.85. The van der Waals surface area contributed by atoms with E-state index < -0.39 is 34.0 Å². The molecular weight excluding hydrogens is 384 g/mol. The van der Waals surface area contributed by atoms with Gasteiger partial charge < -0.3 is 15.2 Å². The molecule has 0 bridgehead atoms. The number of nitrogens with one attached hydrogen (secondary N) is 2. The maximum Gasteiger partial charge on any atom is 0.412 e. The Kier molecular flexibility index (Phi) is 6.76. The zero-order valence-corrected chi connectivity index (χ0v) is 16.5. The summed E-state index contributed by atoms with van der Waals surface area (Å²) in [5.74, 6) is -1.25. The molecule has 0 saturated carbocycles. The van der Waals surface area contributed by atoms with Gasteiger partial charge in [0.05, 0.1) is 4.90 Å². The molecule has 0 aliphatic heterocycles. The second-order valence-corrected chi connectivity index (χ2v) is 8.08. The molecule has 0 unspecified atom stereocenters. The summed E-state index contributed by atoms with van der Waals surface area (Å²) < 4.78 is 32.1. The van der Waals surface area contributed by atoms with E-state index >= 15 is 0 Å². The lowest BCUT2D eigenvalue weighted by Gasteiger charge is -2.18. The van der Waals surface area contributed by atoms with Crippen LogP contribution in [0.15, 0.2) is 53.4 Å². The average molecular weight is 406 g/mol. The number of sulfonamides is 1. The minimum Gasteiger partial charge on any atom is -0.480 e. The Morgan fingerprint density at radius 3 is 1.89 bits per heavy atom. The lowest BCUT2D eigenvalue weighted by molar-refractivity contribution is -0.140. The standard InChI is InChI=1S/C19H22N2O6S/c1-12(2)17(18(22)23)21-28(25,26)16-10-6-14(7-11-16)13-4-8-15(9-5-13)27-19(24)20-3/h4-12,17,21H,1-3H3,(H,20,24)(H,22,23)/t17-/m1/s1. The predicted molar refractivity (Wildman–Crippen MR) is 104 cm³/mol. The molecule has 9 heteroatoms. The lowest BCUT2D eigenvalue weighted by atomic mass is 10.1. The van der Waals surface area contributed by atoms with Crippen molar-refractivity contribution >= 4 is 22.1 Å². The number of aliphatic carboxylic acids is 1. The Hall–Kier alpha value is -2.91. The maximum absolute atomic E-state index is 12.4. The molecule has 0 fully saturated rings. The van der Waals surface area contributed by atoms with E-state index in [2.05, 4.69) is 10.0 Å². The Balaban J connectivity index is 2.18. The van der Waals surface area contributed by atoms with Gasteiger partial charge in [0.15, 0.2) is 0 Å². The highest BCUT2D eigenvalue weighted by Crippen LogP contribution is 2.24. The number of hydrogen-bond donors (Lipinski definition) is 3. The van der Waals surface area contributed by atoms with E-state index in [1.54, 1.807) is 50.2 Å². The van der Waals surface area contributed by atoms with Crippen molar-refractivity contribution < 1.29 is 27.9 Å². The minimum absolute atomic E-state index is 0.0253. The maximum atomic E-state index is 12.4. The smallest absolute Gasteiger partial charge is 0.412 e. The summed E-state index contributed by atoms with van der Waals surface area (Å²) in [6, 6.07) is 11.6. The van der Waals surface area contributed by atoms with E-state index in [1.807, 2.05) is 0 Å². The van der Waals surface area contributed by atoms with Gasteiger partial charge in [0.2, 0.25) is 10.0 Å². The number of carboxylic acids is 1. The SMILES string of the molecule is CNC(=O)Oc1ccc(-c2ccc(S(=O)(=O)N[C@@H](C(=O)O)C(C)C)cc2)cc1. The monoisotopic (exact) mass is 406 g/mol. The Morgan fingerprint density at radius 2 is 1.46 bits per heavy atom. The van der Waals surface area contributed by atoms with E-state index in [0.29, 0.717) is 5.75 Å². The number of carbonyl (C=O) groups excluding carboxylic acids is 1. The van der Waals surface area contributed by atoms with Crippen molar-refractivity contribution in [3.63, 3.8) is 0 Å². The van der Waals surface area contributed by atoms with Gasteiger partial charge in [-0.2, -0.15) is 4.72 Å². The molecule has 2 aromatic rings. The fraction of sp³-hybridized carbons (Fsp3) is 0.263. The number of benzene rings is 2. The topological polar surface area (TPSA) is 122 Å². The predicted octanol–water partition coefficient (Wildman–Crippen LogP) is 2.46. The summed E-state index contributed by atoms with van der Waals surface area (Å²) in [5.41, 5.74) is 1.55. The fourth-order valence-corrected chi connectivity index (χ4v) is 3.74. The molecule has 0 aromatic heterocycles. The van der Waals surface area contributed by atoms with Gasteiger partial charge in [-0.25, -0.2) is 13.2 Å². The van der Waals surface area contributed by atoms with E-state index in [1.165, 1.54) is 19.2 Å². The molecular formula is C19H22N2O6S. The van der Waals surface area contributed by atoms with Gasteiger partial charge in [-0.15, -0.1) is 0 Å². The van der Waals surface area contributed by atoms with Crippen molar-refractivity contribution in [2.24, 2.45) is 5.92 Å². The van der Waals surface area contributed by atoms with Crippen molar-refractivity contribution in [3.05, 3.63) is 48.5 Å². The van der Waals surface area contributed by atoms with Crippen LogP contribution < -0.4 is 14.8 Å². The van der Waals surface area contributed by atoms with Crippen molar-refractivity contribution in [1.82, 2.24) is 10.0 Å². The van der Waals surface area contributed by atoms with E-state index in [0.717, 1.165) is 11.1 Å². The Labute approximate surface area is 163 Å². The molecule has 2 rings (SSSR count). The van der Waals surface area contributed by atoms with Gasteiger partial charge in [0.1, 0.15) is 11.8 Å². The van der Waals surface area contributed by atoms with E-state index in [4.69, 9.17) is 4.74 Å². The first-order valence-corrected chi connectivity index (χ1v) is 9.97. The minimum atomic E-state index is -3.97. The van der Waals surface area contributed by atoms with Gasteiger partial charge in [0.25, 0.3) is 0 Å². The molecule has 2 aromatic carbocycles. The number of carbonyl (C=O) groups is 2. The quantitative estimate of drug-likeness (QED) is 0.649. The third-order valence-electron chi connectivity index (χ3n) is 3.98. The normalized spacial score (nSPS) is 12.4. The molecule has 0 spiro atoms. The van der Waals surface area contributed by atoms with Crippen molar-refractivity contribution in [3.8, 4) is 16.9 Å². The molecule has 0 radical (unpaired) electrons. The number of hydrogen-bond acceptors (Lipinski definition) is 5. The highest BCUT2D eigenvalue weighted by molar-refractivity contribution is 7.89. The highest BCUT2D eigenvalue weighted by Gasteiger charge is 2.27. The molecule has 0 aliphatic carbocycles. The zero-order valence-electron chi connectivity index (χ0n) is 15.7. The first kappa shape index (κ1) is 21.4. The van der Waals surface area contributed by atoms with Crippen LogP contribution in [0.25, 0.3) is 11.1 Å². The molecule has 3 N–H and O–H groups in total. The van der Waals surface area contributed by atoms with Gasteiger partial charge in [0, 0.05) is 7.05 Å². The number of ether oxygens (including phenoxy) is 1. The zero-order chi connectivity index (χ0) is 20.9. The van der Waals surface area contributed by atoms with Crippen LogP contribution >= 0.6 is 0 Å². The van der Waals surface area contributed by atoms with Gasteiger partial charge >= 0.3 is 12.1 Å². The van der Waals surface area contributed by atoms with Crippen LogP contribution in [0.4, 0.5) is 4.79 Å². The average Bonchev–Trinajstić information content (AvgIpc) is 2.66. The third kappa shape index (κ3) is 5.30. The first-order chi connectivity index (χ1) is 13.1.